The van der Waals surface area contributed by atoms with Crippen LogP contribution in [0.15, 0.2) is 84.9 Å². The van der Waals surface area contributed by atoms with Gasteiger partial charge in [-0.15, -0.1) is 0 Å². The number of hydrogen-bond donors (Lipinski definition) is 3. The standard InChI is InChI=1S/C25H23N3O/c29-25(22-15-20-19-13-7-8-14-21(19)27-23(20)16-26-22)28-24(17-9-3-1-4-10-17)18-11-5-2-6-12-18/h1-14,22,24,26-27H,15-16H2,(H,28,29)/t22-/m1/s1. The minimum atomic E-state index is -0.253. The Bertz CT molecular complexity index is 1100. The second-order valence-corrected chi connectivity index (χ2v) is 7.53. The van der Waals surface area contributed by atoms with E-state index in [1.807, 2.05) is 42.5 Å². The van der Waals surface area contributed by atoms with E-state index in [1.165, 1.54) is 16.6 Å². The molecule has 1 amide bonds. The summed E-state index contributed by atoms with van der Waals surface area (Å²) in [6, 6.07) is 28.1. The maximum atomic E-state index is 13.2. The van der Waals surface area contributed by atoms with Gasteiger partial charge in [0, 0.05) is 23.1 Å². The number of para-hydroxylation sites is 1. The third-order valence-corrected chi connectivity index (χ3v) is 5.70. The molecule has 4 nitrogen and oxygen atoms in total. The lowest BCUT2D eigenvalue weighted by Gasteiger charge is -2.27. The Morgan fingerprint density at radius 1 is 0.862 bits per heavy atom. The summed E-state index contributed by atoms with van der Waals surface area (Å²) in [6.45, 7) is 0.670. The highest BCUT2D eigenvalue weighted by Crippen LogP contribution is 2.27. The summed E-state index contributed by atoms with van der Waals surface area (Å²) in [6.07, 6.45) is 0.682. The van der Waals surface area contributed by atoms with Crippen molar-refractivity contribution in [2.45, 2.75) is 25.0 Å². The zero-order valence-electron chi connectivity index (χ0n) is 16.1. The van der Waals surface area contributed by atoms with Gasteiger partial charge >= 0.3 is 0 Å². The molecule has 3 aromatic carbocycles. The molecule has 29 heavy (non-hydrogen) atoms. The summed E-state index contributed by atoms with van der Waals surface area (Å²) in [5, 5.41) is 7.89. The number of nitrogens with one attached hydrogen (secondary N) is 3. The summed E-state index contributed by atoms with van der Waals surface area (Å²) in [4.78, 5) is 16.7. The molecule has 4 heteroatoms. The molecule has 5 rings (SSSR count). The Morgan fingerprint density at radius 3 is 2.17 bits per heavy atom. The van der Waals surface area contributed by atoms with Crippen LogP contribution in [-0.4, -0.2) is 16.9 Å². The van der Waals surface area contributed by atoms with E-state index in [0.29, 0.717) is 13.0 Å². The Labute approximate surface area is 170 Å². The van der Waals surface area contributed by atoms with Gasteiger partial charge in [0.15, 0.2) is 0 Å². The number of carbonyl (C=O) groups is 1. The molecule has 1 aliphatic heterocycles. The molecule has 0 radical (unpaired) electrons. The number of hydrogen-bond acceptors (Lipinski definition) is 2. The smallest absolute Gasteiger partial charge is 0.238 e. The fourth-order valence-electron chi connectivity index (χ4n) is 4.22. The highest BCUT2D eigenvalue weighted by atomic mass is 16.2. The summed E-state index contributed by atoms with van der Waals surface area (Å²) in [5.41, 5.74) is 5.71. The number of H-pyrrole nitrogens is 1. The lowest BCUT2D eigenvalue weighted by atomic mass is 9.95. The van der Waals surface area contributed by atoms with Crippen LogP contribution in [-0.2, 0) is 17.8 Å². The minimum Gasteiger partial charge on any atom is -0.357 e. The third kappa shape index (κ3) is 3.43. The SMILES string of the molecule is O=C(NC(c1ccccc1)c1ccccc1)[C@H]1Cc2c([nH]c3ccccc23)CN1. The zero-order chi connectivity index (χ0) is 19.6. The van der Waals surface area contributed by atoms with Crippen LogP contribution in [0, 0.1) is 0 Å². The summed E-state index contributed by atoms with van der Waals surface area (Å²) >= 11 is 0. The van der Waals surface area contributed by atoms with E-state index in [1.54, 1.807) is 0 Å². The van der Waals surface area contributed by atoms with Crippen LogP contribution in [0.1, 0.15) is 28.4 Å². The Morgan fingerprint density at radius 2 is 1.48 bits per heavy atom. The molecule has 0 saturated heterocycles. The number of benzene rings is 3. The van der Waals surface area contributed by atoms with E-state index in [0.717, 1.165) is 16.6 Å². The van der Waals surface area contributed by atoms with Gasteiger partial charge in [-0.1, -0.05) is 78.9 Å². The fraction of sp³-hybridized carbons (Fsp3) is 0.160. The molecular formula is C25H23N3O. The molecule has 0 spiro atoms. The molecule has 0 aliphatic carbocycles. The molecular weight excluding hydrogens is 358 g/mol. The molecule has 1 aromatic heterocycles. The van der Waals surface area contributed by atoms with Crippen molar-refractivity contribution in [1.82, 2.24) is 15.6 Å². The van der Waals surface area contributed by atoms with Gasteiger partial charge in [-0.2, -0.15) is 0 Å². The highest BCUT2D eigenvalue weighted by Gasteiger charge is 2.28. The van der Waals surface area contributed by atoms with Gasteiger partial charge in [0.05, 0.1) is 12.1 Å². The maximum absolute atomic E-state index is 13.2. The number of rotatable bonds is 4. The molecule has 1 aliphatic rings. The molecule has 0 saturated carbocycles. The number of amides is 1. The molecule has 4 aromatic rings. The topological polar surface area (TPSA) is 56.9 Å². The minimum absolute atomic E-state index is 0.0265. The van der Waals surface area contributed by atoms with Crippen LogP contribution in [0.4, 0.5) is 0 Å². The zero-order valence-corrected chi connectivity index (χ0v) is 16.1. The number of aromatic amines is 1. The average Bonchev–Trinajstić information content (AvgIpc) is 3.16. The molecule has 3 N–H and O–H groups in total. The van der Waals surface area contributed by atoms with Crippen molar-refractivity contribution in [3.05, 3.63) is 107 Å². The fourth-order valence-corrected chi connectivity index (χ4v) is 4.22. The van der Waals surface area contributed by atoms with Crippen LogP contribution >= 0.6 is 0 Å². The quantitative estimate of drug-likeness (QED) is 0.499. The van der Waals surface area contributed by atoms with Gasteiger partial charge in [-0.25, -0.2) is 0 Å². The summed E-state index contributed by atoms with van der Waals surface area (Å²) < 4.78 is 0. The van der Waals surface area contributed by atoms with Crippen LogP contribution in [0.3, 0.4) is 0 Å². The van der Waals surface area contributed by atoms with Crippen LogP contribution in [0.5, 0.6) is 0 Å². The number of carbonyl (C=O) groups excluding carboxylic acids is 1. The van der Waals surface area contributed by atoms with Crippen LogP contribution in [0.2, 0.25) is 0 Å². The molecule has 1 atom stereocenters. The van der Waals surface area contributed by atoms with Crippen molar-refractivity contribution in [1.29, 1.82) is 0 Å². The van der Waals surface area contributed by atoms with Gasteiger partial charge in [0.1, 0.15) is 0 Å². The molecule has 0 bridgehead atoms. The van der Waals surface area contributed by atoms with Gasteiger partial charge in [-0.3, -0.25) is 10.1 Å². The first-order chi connectivity index (χ1) is 14.3. The molecule has 0 unspecified atom stereocenters. The van der Waals surface area contributed by atoms with E-state index in [2.05, 4.69) is 58.1 Å². The first-order valence-corrected chi connectivity index (χ1v) is 10.0. The number of aromatic nitrogens is 1. The summed E-state index contributed by atoms with van der Waals surface area (Å²) in [7, 11) is 0. The third-order valence-electron chi connectivity index (χ3n) is 5.70. The summed E-state index contributed by atoms with van der Waals surface area (Å²) in [5.74, 6) is 0.0265. The van der Waals surface area contributed by atoms with Gasteiger partial charge in [0.2, 0.25) is 5.91 Å². The van der Waals surface area contributed by atoms with Gasteiger partial charge in [-0.05, 0) is 29.2 Å². The monoisotopic (exact) mass is 381 g/mol. The van der Waals surface area contributed by atoms with Crippen LogP contribution < -0.4 is 10.6 Å². The lowest BCUT2D eigenvalue weighted by molar-refractivity contribution is -0.123. The van der Waals surface area contributed by atoms with Crippen molar-refractivity contribution in [3.8, 4) is 0 Å². The Kier molecular flexibility index (Phi) is 4.62. The van der Waals surface area contributed by atoms with E-state index in [-0.39, 0.29) is 18.0 Å². The van der Waals surface area contributed by atoms with Gasteiger partial charge in [0.25, 0.3) is 0 Å². The molecule has 0 fully saturated rings. The average molecular weight is 381 g/mol. The van der Waals surface area contributed by atoms with E-state index in [9.17, 15) is 4.79 Å². The van der Waals surface area contributed by atoms with Crippen molar-refractivity contribution < 1.29 is 4.79 Å². The van der Waals surface area contributed by atoms with Crippen molar-refractivity contribution in [3.63, 3.8) is 0 Å². The first kappa shape index (κ1) is 17.7. The molecule has 144 valence electrons. The second kappa shape index (κ2) is 7.57. The maximum Gasteiger partial charge on any atom is 0.238 e. The largest absolute Gasteiger partial charge is 0.357 e. The predicted molar refractivity (Wildman–Crippen MR) is 116 cm³/mol. The highest BCUT2D eigenvalue weighted by molar-refractivity contribution is 5.88. The Hall–Kier alpha value is -3.37. The van der Waals surface area contributed by atoms with E-state index >= 15 is 0 Å². The predicted octanol–water partition coefficient (Wildman–Crippen LogP) is 4.09. The van der Waals surface area contributed by atoms with Crippen LogP contribution in [0.25, 0.3) is 10.9 Å². The number of fused-ring (bicyclic) bond motifs is 3. The second-order valence-electron chi connectivity index (χ2n) is 7.53. The molecule has 2 heterocycles. The van der Waals surface area contributed by atoms with E-state index in [4.69, 9.17) is 0 Å². The van der Waals surface area contributed by atoms with Gasteiger partial charge < -0.3 is 10.3 Å². The normalized spacial score (nSPS) is 16.0. The van der Waals surface area contributed by atoms with E-state index < -0.39 is 0 Å². The first-order valence-electron chi connectivity index (χ1n) is 10.0. The van der Waals surface area contributed by atoms with Crippen molar-refractivity contribution in [2.24, 2.45) is 0 Å². The Balaban J connectivity index is 1.41. The van der Waals surface area contributed by atoms with Crippen molar-refractivity contribution >= 4 is 16.8 Å². The van der Waals surface area contributed by atoms with Crippen molar-refractivity contribution in [2.75, 3.05) is 0 Å². The lowest BCUT2D eigenvalue weighted by Crippen LogP contribution is -2.48.